The maximum Gasteiger partial charge on any atom is 0.337 e. The van der Waals surface area contributed by atoms with Crippen LogP contribution in [0.3, 0.4) is 0 Å². The smallest absolute Gasteiger partial charge is 0.337 e. The number of benzene rings is 3. The first-order valence-corrected chi connectivity index (χ1v) is 11.0. The molecule has 0 radical (unpaired) electrons. The van der Waals surface area contributed by atoms with Gasteiger partial charge >= 0.3 is 5.97 Å². The van der Waals surface area contributed by atoms with Crippen molar-refractivity contribution in [1.29, 1.82) is 0 Å². The number of carbonyl (C=O) groups excluding carboxylic acids is 1. The fourth-order valence-electron chi connectivity index (χ4n) is 3.04. The minimum absolute atomic E-state index is 0.0611. The van der Waals surface area contributed by atoms with E-state index in [-0.39, 0.29) is 16.5 Å². The molecule has 0 fully saturated rings. The zero-order valence-electron chi connectivity index (χ0n) is 17.5. The standard InChI is InChI=1S/C23H24N2O5S/c1-16(17-7-5-4-6-8-17)24-21-14-9-18(23(26)30-3)15-22(21)31(27,28)25-19-10-12-20(29-2)13-11-19/h4-16,24-25H,1-3H3/t16-/m0/s1. The Morgan fingerprint density at radius 2 is 1.61 bits per heavy atom. The molecule has 0 saturated carbocycles. The van der Waals surface area contributed by atoms with E-state index in [2.05, 4.69) is 10.0 Å². The van der Waals surface area contributed by atoms with E-state index in [0.717, 1.165) is 5.56 Å². The number of hydrogen-bond donors (Lipinski definition) is 2. The van der Waals surface area contributed by atoms with E-state index in [1.165, 1.54) is 26.4 Å². The highest BCUT2D eigenvalue weighted by molar-refractivity contribution is 7.92. The van der Waals surface area contributed by atoms with Crippen LogP contribution in [0, 0.1) is 0 Å². The first-order valence-electron chi connectivity index (χ1n) is 9.55. The third-order valence-corrected chi connectivity index (χ3v) is 6.13. The van der Waals surface area contributed by atoms with Crippen LogP contribution in [0.2, 0.25) is 0 Å². The van der Waals surface area contributed by atoms with E-state index in [1.54, 1.807) is 30.3 Å². The fourth-order valence-corrected chi connectivity index (χ4v) is 4.29. The Labute approximate surface area is 182 Å². The topological polar surface area (TPSA) is 93.7 Å². The third kappa shape index (κ3) is 5.35. The Morgan fingerprint density at radius 3 is 2.23 bits per heavy atom. The van der Waals surface area contributed by atoms with E-state index in [0.29, 0.717) is 17.1 Å². The lowest BCUT2D eigenvalue weighted by atomic mass is 10.1. The van der Waals surface area contributed by atoms with Crippen molar-refractivity contribution < 1.29 is 22.7 Å². The quantitative estimate of drug-likeness (QED) is 0.503. The molecule has 0 saturated heterocycles. The summed E-state index contributed by atoms with van der Waals surface area (Å²) >= 11 is 0. The molecule has 0 unspecified atom stereocenters. The summed E-state index contributed by atoms with van der Waals surface area (Å²) in [4.78, 5) is 11.9. The first-order chi connectivity index (χ1) is 14.8. The molecule has 8 heteroatoms. The Morgan fingerprint density at radius 1 is 0.935 bits per heavy atom. The van der Waals surface area contributed by atoms with Crippen molar-refractivity contribution in [2.24, 2.45) is 0 Å². The molecule has 0 heterocycles. The molecule has 2 N–H and O–H groups in total. The van der Waals surface area contributed by atoms with Crippen molar-refractivity contribution in [3.8, 4) is 5.75 Å². The third-order valence-electron chi connectivity index (χ3n) is 4.71. The first kappa shape index (κ1) is 22.2. The number of esters is 1. The predicted molar refractivity (Wildman–Crippen MR) is 120 cm³/mol. The number of hydrogen-bond acceptors (Lipinski definition) is 6. The van der Waals surface area contributed by atoms with Crippen LogP contribution in [-0.2, 0) is 14.8 Å². The molecule has 3 aromatic rings. The summed E-state index contributed by atoms with van der Waals surface area (Å²) in [5, 5.41) is 3.23. The van der Waals surface area contributed by atoms with Crippen molar-refractivity contribution in [1.82, 2.24) is 0 Å². The van der Waals surface area contributed by atoms with E-state index < -0.39 is 16.0 Å². The molecule has 0 spiro atoms. The highest BCUT2D eigenvalue weighted by atomic mass is 32.2. The zero-order valence-corrected chi connectivity index (χ0v) is 18.3. The lowest BCUT2D eigenvalue weighted by Crippen LogP contribution is -2.18. The largest absolute Gasteiger partial charge is 0.497 e. The fraction of sp³-hybridized carbons (Fsp3) is 0.174. The Bertz CT molecular complexity index is 1150. The van der Waals surface area contributed by atoms with Crippen LogP contribution < -0.4 is 14.8 Å². The Hall–Kier alpha value is -3.52. The van der Waals surface area contributed by atoms with Crippen LogP contribution in [0.15, 0.2) is 77.7 Å². The monoisotopic (exact) mass is 440 g/mol. The summed E-state index contributed by atoms with van der Waals surface area (Å²) in [6.45, 7) is 1.93. The van der Waals surface area contributed by atoms with Crippen LogP contribution in [0.1, 0.15) is 28.9 Å². The molecule has 3 aromatic carbocycles. The summed E-state index contributed by atoms with van der Waals surface area (Å²) < 4.78 is 38.8. The number of anilines is 2. The van der Waals surface area contributed by atoms with Crippen molar-refractivity contribution in [3.63, 3.8) is 0 Å². The number of sulfonamides is 1. The number of rotatable bonds is 8. The molecule has 0 bridgehead atoms. The number of methoxy groups -OCH3 is 2. The van der Waals surface area contributed by atoms with Gasteiger partial charge in [0.25, 0.3) is 10.0 Å². The minimum atomic E-state index is -4.02. The summed E-state index contributed by atoms with van der Waals surface area (Å²) in [6, 6.07) is 20.4. The van der Waals surface area contributed by atoms with Gasteiger partial charge in [-0.05, 0) is 55.0 Å². The second-order valence-corrected chi connectivity index (χ2v) is 8.46. The SMILES string of the molecule is COC(=O)c1ccc(N[C@@H](C)c2ccccc2)c(S(=O)(=O)Nc2ccc(OC)cc2)c1. The molecule has 162 valence electrons. The average Bonchev–Trinajstić information content (AvgIpc) is 2.79. The van der Waals surface area contributed by atoms with Crippen molar-refractivity contribution >= 4 is 27.4 Å². The average molecular weight is 441 g/mol. The van der Waals surface area contributed by atoms with Gasteiger partial charge in [0.2, 0.25) is 0 Å². The highest BCUT2D eigenvalue weighted by Gasteiger charge is 2.23. The molecular weight excluding hydrogens is 416 g/mol. The van der Waals surface area contributed by atoms with Crippen molar-refractivity contribution in [2.75, 3.05) is 24.3 Å². The molecule has 0 amide bonds. The van der Waals surface area contributed by atoms with Crippen LogP contribution in [0.25, 0.3) is 0 Å². The van der Waals surface area contributed by atoms with Crippen molar-refractivity contribution in [3.05, 3.63) is 83.9 Å². The second-order valence-electron chi connectivity index (χ2n) is 6.81. The summed E-state index contributed by atoms with van der Waals surface area (Å²) in [7, 11) is -1.24. The molecule has 0 aromatic heterocycles. The number of nitrogens with one attached hydrogen (secondary N) is 2. The summed E-state index contributed by atoms with van der Waals surface area (Å²) in [5.41, 5.74) is 1.86. The molecule has 1 atom stereocenters. The number of carbonyl (C=O) groups is 1. The summed E-state index contributed by atoms with van der Waals surface area (Å²) in [5.74, 6) is -0.0155. The lowest BCUT2D eigenvalue weighted by molar-refractivity contribution is 0.0600. The lowest BCUT2D eigenvalue weighted by Gasteiger charge is -2.19. The van der Waals surface area contributed by atoms with Crippen LogP contribution in [0.4, 0.5) is 11.4 Å². The van der Waals surface area contributed by atoms with Gasteiger partial charge in [0.15, 0.2) is 0 Å². The maximum absolute atomic E-state index is 13.2. The van der Waals surface area contributed by atoms with E-state index >= 15 is 0 Å². The number of ether oxygens (including phenoxy) is 2. The van der Waals surface area contributed by atoms with E-state index in [1.807, 2.05) is 37.3 Å². The summed E-state index contributed by atoms with van der Waals surface area (Å²) in [6.07, 6.45) is 0. The van der Waals surface area contributed by atoms with E-state index in [9.17, 15) is 13.2 Å². The molecule has 3 rings (SSSR count). The molecule has 7 nitrogen and oxygen atoms in total. The predicted octanol–water partition coefficient (Wildman–Crippen LogP) is 4.46. The van der Waals surface area contributed by atoms with Gasteiger partial charge in [-0.3, -0.25) is 4.72 Å². The molecule has 0 aliphatic heterocycles. The normalized spacial score (nSPS) is 12.0. The minimum Gasteiger partial charge on any atom is -0.497 e. The van der Waals surface area contributed by atoms with E-state index in [4.69, 9.17) is 9.47 Å². The van der Waals surface area contributed by atoms with Gasteiger partial charge in [0.05, 0.1) is 25.5 Å². The van der Waals surface area contributed by atoms with Gasteiger partial charge in [-0.1, -0.05) is 30.3 Å². The Kier molecular flexibility index (Phi) is 6.81. The molecule has 0 aliphatic carbocycles. The van der Waals surface area contributed by atoms with Crippen molar-refractivity contribution in [2.45, 2.75) is 17.9 Å². The zero-order chi connectivity index (χ0) is 22.4. The highest BCUT2D eigenvalue weighted by Crippen LogP contribution is 2.29. The van der Waals surface area contributed by atoms with Gasteiger partial charge in [-0.2, -0.15) is 0 Å². The second kappa shape index (κ2) is 9.53. The maximum atomic E-state index is 13.2. The van der Waals surface area contributed by atoms with Gasteiger partial charge in [0, 0.05) is 11.7 Å². The van der Waals surface area contributed by atoms with Gasteiger partial charge < -0.3 is 14.8 Å². The molecule has 31 heavy (non-hydrogen) atoms. The van der Waals surface area contributed by atoms with Crippen LogP contribution in [-0.4, -0.2) is 28.6 Å². The van der Waals surface area contributed by atoms with Gasteiger partial charge in [-0.25, -0.2) is 13.2 Å². The molecular formula is C23H24N2O5S. The van der Waals surface area contributed by atoms with Gasteiger partial charge in [0.1, 0.15) is 10.6 Å². The van der Waals surface area contributed by atoms with Gasteiger partial charge in [-0.15, -0.1) is 0 Å². The van der Waals surface area contributed by atoms with Crippen LogP contribution in [0.5, 0.6) is 5.75 Å². The van der Waals surface area contributed by atoms with Crippen LogP contribution >= 0.6 is 0 Å². The Balaban J connectivity index is 1.98. The molecule has 0 aliphatic rings.